The first-order chi connectivity index (χ1) is 12.6. The number of piperazine rings is 1. The molecule has 1 saturated heterocycles. The third kappa shape index (κ3) is 3.37. The zero-order valence-electron chi connectivity index (χ0n) is 15.3. The number of rotatable bonds is 3. The van der Waals surface area contributed by atoms with Crippen LogP contribution in [0.4, 0.5) is 0 Å². The maximum atomic E-state index is 12.9. The lowest BCUT2D eigenvalue weighted by Crippen LogP contribution is -3.13. The summed E-state index contributed by atoms with van der Waals surface area (Å²) in [6.07, 6.45) is 0. The standard InChI is InChI=1S/C21H23N3OS/c1-15-6-5-7-17(16(15)2)21(25)24-12-10-23(11-13-24)14-20-22-18-8-3-4-9-19(18)26-20/h3-9H,10-14H2,1-2H3/p+1. The maximum Gasteiger partial charge on any atom is 0.254 e. The van der Waals surface area contributed by atoms with Crippen molar-refractivity contribution in [2.45, 2.75) is 20.4 Å². The molecular formula is C21H24N3OS+. The summed E-state index contributed by atoms with van der Waals surface area (Å²) in [7, 11) is 0. The molecular weight excluding hydrogens is 342 g/mol. The van der Waals surface area contributed by atoms with Crippen LogP contribution in [0.3, 0.4) is 0 Å². The van der Waals surface area contributed by atoms with E-state index in [1.54, 1.807) is 11.3 Å². The minimum atomic E-state index is 0.172. The third-order valence-corrected chi connectivity index (χ3v) is 6.37. The van der Waals surface area contributed by atoms with Gasteiger partial charge in [-0.2, -0.15) is 0 Å². The van der Waals surface area contributed by atoms with Gasteiger partial charge in [-0.25, -0.2) is 4.98 Å². The molecule has 2 heterocycles. The molecule has 1 amide bonds. The van der Waals surface area contributed by atoms with Crippen molar-refractivity contribution in [2.24, 2.45) is 0 Å². The number of nitrogens with one attached hydrogen (secondary N) is 1. The van der Waals surface area contributed by atoms with E-state index in [0.29, 0.717) is 0 Å². The van der Waals surface area contributed by atoms with Crippen LogP contribution in [0.5, 0.6) is 0 Å². The van der Waals surface area contributed by atoms with E-state index < -0.39 is 0 Å². The topological polar surface area (TPSA) is 37.6 Å². The Hall–Kier alpha value is -2.24. The van der Waals surface area contributed by atoms with Crippen LogP contribution in [-0.4, -0.2) is 42.0 Å². The molecule has 0 atom stereocenters. The minimum Gasteiger partial charge on any atom is -0.327 e. The molecule has 4 rings (SSSR count). The second-order valence-corrected chi connectivity index (χ2v) is 8.16. The lowest BCUT2D eigenvalue weighted by molar-refractivity contribution is -0.917. The van der Waals surface area contributed by atoms with Gasteiger partial charge in [0.15, 0.2) is 0 Å². The Balaban J connectivity index is 1.39. The highest BCUT2D eigenvalue weighted by Gasteiger charge is 2.26. The van der Waals surface area contributed by atoms with Gasteiger partial charge in [-0.3, -0.25) is 4.79 Å². The van der Waals surface area contributed by atoms with Crippen molar-refractivity contribution in [3.63, 3.8) is 0 Å². The number of quaternary nitrogens is 1. The Morgan fingerprint density at radius 3 is 2.65 bits per heavy atom. The molecule has 1 aromatic heterocycles. The van der Waals surface area contributed by atoms with Gasteiger partial charge in [-0.1, -0.05) is 24.3 Å². The number of carbonyl (C=O) groups excluding carboxylic acids is 1. The zero-order chi connectivity index (χ0) is 18.1. The molecule has 0 saturated carbocycles. The van der Waals surface area contributed by atoms with Gasteiger partial charge in [0.1, 0.15) is 11.6 Å². The number of amides is 1. The number of aryl methyl sites for hydroxylation is 1. The molecule has 134 valence electrons. The molecule has 4 nitrogen and oxygen atoms in total. The number of para-hydroxylation sites is 1. The van der Waals surface area contributed by atoms with Crippen molar-refractivity contribution in [1.29, 1.82) is 0 Å². The summed E-state index contributed by atoms with van der Waals surface area (Å²) in [5, 5.41) is 1.19. The Labute approximate surface area is 158 Å². The molecule has 0 spiro atoms. The molecule has 1 N–H and O–H groups in total. The molecule has 1 fully saturated rings. The van der Waals surface area contributed by atoms with E-state index >= 15 is 0 Å². The van der Waals surface area contributed by atoms with Crippen molar-refractivity contribution < 1.29 is 9.69 Å². The Bertz CT molecular complexity index is 908. The number of nitrogens with zero attached hydrogens (tertiary/aromatic N) is 2. The summed E-state index contributed by atoms with van der Waals surface area (Å²) in [5.74, 6) is 0.172. The smallest absolute Gasteiger partial charge is 0.254 e. The molecule has 0 unspecified atom stereocenters. The number of hydrogen-bond donors (Lipinski definition) is 1. The zero-order valence-corrected chi connectivity index (χ0v) is 16.1. The van der Waals surface area contributed by atoms with E-state index in [4.69, 9.17) is 4.98 Å². The van der Waals surface area contributed by atoms with Crippen LogP contribution in [0.1, 0.15) is 26.5 Å². The fourth-order valence-electron chi connectivity index (χ4n) is 3.57. The first kappa shape index (κ1) is 17.2. The summed E-state index contributed by atoms with van der Waals surface area (Å²) in [6, 6.07) is 14.3. The van der Waals surface area contributed by atoms with Crippen molar-refractivity contribution in [3.8, 4) is 0 Å². The predicted octanol–water partition coefficient (Wildman–Crippen LogP) is 2.45. The van der Waals surface area contributed by atoms with Crippen LogP contribution in [0.2, 0.25) is 0 Å². The highest BCUT2D eigenvalue weighted by Crippen LogP contribution is 2.21. The lowest BCUT2D eigenvalue weighted by atomic mass is 10.0. The minimum absolute atomic E-state index is 0.172. The fourth-order valence-corrected chi connectivity index (χ4v) is 4.60. The van der Waals surface area contributed by atoms with Crippen molar-refractivity contribution >= 4 is 27.5 Å². The normalized spacial score (nSPS) is 15.5. The van der Waals surface area contributed by atoms with Crippen LogP contribution in [-0.2, 0) is 6.54 Å². The quantitative estimate of drug-likeness (QED) is 0.773. The Morgan fingerprint density at radius 2 is 1.88 bits per heavy atom. The second kappa shape index (κ2) is 7.17. The fraction of sp³-hybridized carbons (Fsp3) is 0.333. The van der Waals surface area contributed by atoms with Gasteiger partial charge in [-0.05, 0) is 43.2 Å². The summed E-state index contributed by atoms with van der Waals surface area (Å²) in [6.45, 7) is 8.63. The SMILES string of the molecule is Cc1cccc(C(=O)N2CC[NH+](Cc3nc4ccccc4s3)CC2)c1C. The maximum absolute atomic E-state index is 12.9. The average Bonchev–Trinajstić information content (AvgIpc) is 3.06. The first-order valence-corrected chi connectivity index (χ1v) is 9.97. The number of hydrogen-bond acceptors (Lipinski definition) is 3. The van der Waals surface area contributed by atoms with Crippen LogP contribution in [0, 0.1) is 13.8 Å². The summed E-state index contributed by atoms with van der Waals surface area (Å²) in [4.78, 5) is 21.1. The molecule has 2 aromatic carbocycles. The number of fused-ring (bicyclic) bond motifs is 1. The van der Waals surface area contributed by atoms with Gasteiger partial charge in [0, 0.05) is 5.56 Å². The van der Waals surface area contributed by atoms with E-state index in [2.05, 4.69) is 31.2 Å². The number of aromatic nitrogens is 1. The van der Waals surface area contributed by atoms with Gasteiger partial charge >= 0.3 is 0 Å². The highest BCUT2D eigenvalue weighted by molar-refractivity contribution is 7.18. The summed E-state index contributed by atoms with van der Waals surface area (Å²) >= 11 is 1.79. The lowest BCUT2D eigenvalue weighted by Gasteiger charge is -2.32. The Kier molecular flexibility index (Phi) is 4.74. The molecule has 0 bridgehead atoms. The largest absolute Gasteiger partial charge is 0.327 e. The molecule has 1 aliphatic heterocycles. The van der Waals surface area contributed by atoms with Crippen LogP contribution >= 0.6 is 11.3 Å². The van der Waals surface area contributed by atoms with Gasteiger partial charge < -0.3 is 9.80 Å². The van der Waals surface area contributed by atoms with Crippen molar-refractivity contribution in [1.82, 2.24) is 9.88 Å². The Morgan fingerprint density at radius 1 is 1.12 bits per heavy atom. The van der Waals surface area contributed by atoms with Crippen LogP contribution < -0.4 is 4.90 Å². The molecule has 0 radical (unpaired) electrons. The first-order valence-electron chi connectivity index (χ1n) is 9.15. The monoisotopic (exact) mass is 366 g/mol. The highest BCUT2D eigenvalue weighted by atomic mass is 32.1. The van der Waals surface area contributed by atoms with Crippen molar-refractivity contribution in [3.05, 3.63) is 64.2 Å². The van der Waals surface area contributed by atoms with E-state index in [1.165, 1.54) is 20.2 Å². The number of benzene rings is 2. The molecule has 26 heavy (non-hydrogen) atoms. The second-order valence-electron chi connectivity index (χ2n) is 7.04. The van der Waals surface area contributed by atoms with E-state index in [1.807, 2.05) is 30.0 Å². The van der Waals surface area contributed by atoms with Gasteiger partial charge in [-0.15, -0.1) is 11.3 Å². The van der Waals surface area contributed by atoms with E-state index in [0.717, 1.165) is 49.4 Å². The summed E-state index contributed by atoms with van der Waals surface area (Å²) < 4.78 is 1.26. The van der Waals surface area contributed by atoms with Crippen LogP contribution in [0.15, 0.2) is 42.5 Å². The van der Waals surface area contributed by atoms with Gasteiger partial charge in [0.25, 0.3) is 5.91 Å². The molecule has 1 aliphatic rings. The number of carbonyl (C=O) groups is 1. The third-order valence-electron chi connectivity index (χ3n) is 5.33. The number of thiazole rings is 1. The van der Waals surface area contributed by atoms with Gasteiger partial charge in [0.2, 0.25) is 0 Å². The van der Waals surface area contributed by atoms with Crippen molar-refractivity contribution in [2.75, 3.05) is 26.2 Å². The van der Waals surface area contributed by atoms with E-state index in [9.17, 15) is 4.79 Å². The predicted molar refractivity (Wildman–Crippen MR) is 106 cm³/mol. The van der Waals surface area contributed by atoms with Gasteiger partial charge in [0.05, 0.1) is 36.4 Å². The molecule has 0 aliphatic carbocycles. The molecule has 3 aromatic rings. The average molecular weight is 367 g/mol. The molecule has 5 heteroatoms. The summed E-state index contributed by atoms with van der Waals surface area (Å²) in [5.41, 5.74) is 4.22. The van der Waals surface area contributed by atoms with Crippen LogP contribution in [0.25, 0.3) is 10.2 Å². The van der Waals surface area contributed by atoms with E-state index in [-0.39, 0.29) is 5.91 Å².